The van der Waals surface area contributed by atoms with Crippen molar-refractivity contribution in [3.05, 3.63) is 17.5 Å². The number of hydrogen-bond acceptors (Lipinski definition) is 3. The van der Waals surface area contributed by atoms with Crippen molar-refractivity contribution < 1.29 is 4.74 Å². The second-order valence-electron chi connectivity index (χ2n) is 5.52. The van der Waals surface area contributed by atoms with Crippen molar-refractivity contribution >= 4 is 0 Å². The summed E-state index contributed by atoms with van der Waals surface area (Å²) in [6, 6.07) is 2.76. The lowest BCUT2D eigenvalue weighted by Crippen LogP contribution is -2.34. The molecular weight excluding hydrogens is 238 g/mol. The summed E-state index contributed by atoms with van der Waals surface area (Å²) in [7, 11) is 0. The molecule has 0 aliphatic carbocycles. The van der Waals surface area contributed by atoms with Gasteiger partial charge in [-0.2, -0.15) is 5.10 Å². The second-order valence-corrected chi connectivity index (χ2v) is 5.52. The number of nitrogens with one attached hydrogen (secondary N) is 1. The molecule has 2 heterocycles. The van der Waals surface area contributed by atoms with Crippen LogP contribution in [0.3, 0.4) is 0 Å². The van der Waals surface area contributed by atoms with E-state index in [2.05, 4.69) is 41.9 Å². The van der Waals surface area contributed by atoms with Crippen molar-refractivity contribution in [1.82, 2.24) is 15.1 Å². The molecule has 1 aromatic rings. The first-order valence-electron chi connectivity index (χ1n) is 7.57. The smallest absolute Gasteiger partial charge is 0.0596 e. The molecule has 0 aromatic carbocycles. The maximum absolute atomic E-state index is 5.49. The van der Waals surface area contributed by atoms with Gasteiger partial charge in [0, 0.05) is 37.9 Å². The Morgan fingerprint density at radius 2 is 2.37 bits per heavy atom. The summed E-state index contributed by atoms with van der Waals surface area (Å²) in [6.07, 6.45) is 3.49. The zero-order valence-electron chi connectivity index (χ0n) is 12.5. The Labute approximate surface area is 116 Å². The molecule has 1 fully saturated rings. The first kappa shape index (κ1) is 14.5. The maximum atomic E-state index is 5.49. The van der Waals surface area contributed by atoms with Gasteiger partial charge in [-0.25, -0.2) is 0 Å². The van der Waals surface area contributed by atoms with Gasteiger partial charge >= 0.3 is 0 Å². The minimum atomic E-state index is 0.540. The normalized spacial score (nSPS) is 20.9. The monoisotopic (exact) mass is 265 g/mol. The first-order chi connectivity index (χ1) is 9.22. The molecule has 108 valence electrons. The average Bonchev–Trinajstić information content (AvgIpc) is 2.99. The van der Waals surface area contributed by atoms with E-state index in [1.54, 1.807) is 0 Å². The topological polar surface area (TPSA) is 39.1 Å². The third kappa shape index (κ3) is 4.05. The van der Waals surface area contributed by atoms with E-state index in [0.29, 0.717) is 6.04 Å². The molecule has 1 aromatic heterocycles. The fraction of sp³-hybridized carbons (Fsp3) is 0.800. The van der Waals surface area contributed by atoms with Crippen LogP contribution in [0.2, 0.25) is 0 Å². The van der Waals surface area contributed by atoms with E-state index < -0.39 is 0 Å². The van der Waals surface area contributed by atoms with Crippen molar-refractivity contribution in [2.45, 2.75) is 52.6 Å². The Hall–Kier alpha value is -0.870. The van der Waals surface area contributed by atoms with E-state index in [-0.39, 0.29) is 0 Å². The van der Waals surface area contributed by atoms with Crippen molar-refractivity contribution in [2.24, 2.45) is 5.92 Å². The quantitative estimate of drug-likeness (QED) is 0.821. The standard InChI is InChI=1S/C15H27N3O/c1-4-16-14(9-13-6-7-19-11-13)10-15-8-12(3)17-18(15)5-2/h8,13-14,16H,4-7,9-11H2,1-3H3. The Morgan fingerprint density at radius 1 is 1.53 bits per heavy atom. The van der Waals surface area contributed by atoms with Crippen molar-refractivity contribution in [3.63, 3.8) is 0 Å². The summed E-state index contributed by atoms with van der Waals surface area (Å²) in [5, 5.41) is 8.16. The highest BCUT2D eigenvalue weighted by atomic mass is 16.5. The zero-order valence-corrected chi connectivity index (χ0v) is 12.5. The van der Waals surface area contributed by atoms with Crippen LogP contribution in [0.5, 0.6) is 0 Å². The lowest BCUT2D eigenvalue weighted by atomic mass is 9.96. The Morgan fingerprint density at radius 3 is 3.00 bits per heavy atom. The van der Waals surface area contributed by atoms with Crippen molar-refractivity contribution in [2.75, 3.05) is 19.8 Å². The molecule has 2 rings (SSSR count). The maximum Gasteiger partial charge on any atom is 0.0596 e. The van der Waals surface area contributed by atoms with E-state index in [9.17, 15) is 0 Å². The number of aromatic nitrogens is 2. The van der Waals surface area contributed by atoms with Gasteiger partial charge in [-0.05, 0) is 45.2 Å². The highest BCUT2D eigenvalue weighted by molar-refractivity contribution is 5.10. The summed E-state index contributed by atoms with van der Waals surface area (Å²) in [5.41, 5.74) is 2.47. The summed E-state index contributed by atoms with van der Waals surface area (Å²) in [6.45, 7) is 10.3. The molecule has 0 saturated carbocycles. The largest absolute Gasteiger partial charge is 0.381 e. The number of rotatable bonds is 7. The van der Waals surface area contributed by atoms with Gasteiger partial charge in [-0.3, -0.25) is 4.68 Å². The zero-order chi connectivity index (χ0) is 13.7. The number of hydrogen-bond donors (Lipinski definition) is 1. The van der Waals surface area contributed by atoms with Crippen LogP contribution in [0, 0.1) is 12.8 Å². The molecule has 19 heavy (non-hydrogen) atoms. The van der Waals surface area contributed by atoms with Crippen molar-refractivity contribution in [3.8, 4) is 0 Å². The van der Waals surface area contributed by atoms with E-state index in [0.717, 1.165) is 44.3 Å². The highest BCUT2D eigenvalue weighted by Crippen LogP contribution is 2.20. The lowest BCUT2D eigenvalue weighted by molar-refractivity contribution is 0.181. The van der Waals surface area contributed by atoms with E-state index in [1.165, 1.54) is 18.5 Å². The van der Waals surface area contributed by atoms with E-state index in [1.807, 2.05) is 0 Å². The van der Waals surface area contributed by atoms with E-state index >= 15 is 0 Å². The third-order valence-electron chi connectivity index (χ3n) is 3.88. The number of aryl methyl sites for hydroxylation is 2. The van der Waals surface area contributed by atoms with Crippen LogP contribution in [-0.2, 0) is 17.7 Å². The number of likely N-dealkylation sites (N-methyl/N-ethyl adjacent to an activating group) is 1. The molecule has 4 nitrogen and oxygen atoms in total. The van der Waals surface area contributed by atoms with Crippen LogP contribution < -0.4 is 5.32 Å². The van der Waals surface area contributed by atoms with Gasteiger partial charge in [0.05, 0.1) is 5.69 Å². The van der Waals surface area contributed by atoms with Gasteiger partial charge in [0.2, 0.25) is 0 Å². The molecule has 4 heteroatoms. The van der Waals surface area contributed by atoms with Gasteiger partial charge in [0.25, 0.3) is 0 Å². The van der Waals surface area contributed by atoms with Gasteiger partial charge in [0.1, 0.15) is 0 Å². The molecule has 0 bridgehead atoms. The predicted molar refractivity (Wildman–Crippen MR) is 77.3 cm³/mol. The van der Waals surface area contributed by atoms with Gasteiger partial charge in [-0.15, -0.1) is 0 Å². The average molecular weight is 265 g/mol. The fourth-order valence-electron chi connectivity index (χ4n) is 2.99. The Kier molecular flexibility index (Phi) is 5.40. The SMILES string of the molecule is CCNC(Cc1cc(C)nn1CC)CC1CCOC1. The van der Waals surface area contributed by atoms with Crippen molar-refractivity contribution in [1.29, 1.82) is 0 Å². The minimum absolute atomic E-state index is 0.540. The van der Waals surface area contributed by atoms with Crippen LogP contribution in [0.4, 0.5) is 0 Å². The molecule has 2 atom stereocenters. The lowest BCUT2D eigenvalue weighted by Gasteiger charge is -2.21. The van der Waals surface area contributed by atoms with Crippen LogP contribution in [0.15, 0.2) is 6.07 Å². The van der Waals surface area contributed by atoms with E-state index in [4.69, 9.17) is 4.74 Å². The number of nitrogens with zero attached hydrogens (tertiary/aromatic N) is 2. The fourth-order valence-corrected chi connectivity index (χ4v) is 2.99. The van der Waals surface area contributed by atoms with Crippen LogP contribution in [-0.4, -0.2) is 35.6 Å². The molecule has 1 N–H and O–H groups in total. The van der Waals surface area contributed by atoms with Crippen LogP contribution in [0.25, 0.3) is 0 Å². The molecule has 1 aliphatic rings. The molecule has 1 aliphatic heterocycles. The summed E-state index contributed by atoms with van der Waals surface area (Å²) in [5.74, 6) is 0.725. The second kappa shape index (κ2) is 7.06. The first-order valence-corrected chi connectivity index (χ1v) is 7.57. The third-order valence-corrected chi connectivity index (χ3v) is 3.88. The van der Waals surface area contributed by atoms with Crippen LogP contribution in [0.1, 0.15) is 38.1 Å². The van der Waals surface area contributed by atoms with Crippen LogP contribution >= 0.6 is 0 Å². The minimum Gasteiger partial charge on any atom is -0.381 e. The van der Waals surface area contributed by atoms with Gasteiger partial charge in [-0.1, -0.05) is 6.92 Å². The van der Waals surface area contributed by atoms with Gasteiger partial charge < -0.3 is 10.1 Å². The summed E-state index contributed by atoms with van der Waals surface area (Å²) >= 11 is 0. The molecule has 2 unspecified atom stereocenters. The Bertz CT molecular complexity index is 383. The summed E-state index contributed by atoms with van der Waals surface area (Å²) < 4.78 is 7.62. The molecule has 0 spiro atoms. The Balaban J connectivity index is 1.97. The van der Waals surface area contributed by atoms with Gasteiger partial charge in [0.15, 0.2) is 0 Å². The molecule has 1 saturated heterocycles. The predicted octanol–water partition coefficient (Wildman–Crippen LogP) is 2.16. The number of ether oxygens (including phenoxy) is 1. The molecular formula is C15H27N3O. The highest BCUT2D eigenvalue weighted by Gasteiger charge is 2.21. The molecule has 0 amide bonds. The summed E-state index contributed by atoms with van der Waals surface area (Å²) in [4.78, 5) is 0. The molecule has 0 radical (unpaired) electrons.